The molecule has 1 saturated carbocycles. The molecule has 1 heterocycles. The van der Waals surface area contributed by atoms with E-state index in [0.29, 0.717) is 6.04 Å². The third-order valence-electron chi connectivity index (χ3n) is 3.42. The van der Waals surface area contributed by atoms with Crippen LogP contribution >= 0.6 is 23.1 Å². The Morgan fingerprint density at radius 3 is 3.00 bits per heavy atom. The molecular weight excluding hydrogens is 288 g/mol. The molecule has 1 fully saturated rings. The van der Waals surface area contributed by atoms with Crippen LogP contribution in [0.4, 0.5) is 0 Å². The van der Waals surface area contributed by atoms with Crippen molar-refractivity contribution < 1.29 is 0 Å². The number of aliphatic imine (C=N–C) groups is 1. The van der Waals surface area contributed by atoms with Gasteiger partial charge in [0.25, 0.3) is 0 Å². The normalized spacial score (nSPS) is 17.1. The van der Waals surface area contributed by atoms with Crippen molar-refractivity contribution in [2.75, 3.05) is 19.3 Å². The summed E-state index contributed by atoms with van der Waals surface area (Å²) in [7, 11) is 1.85. The summed E-state index contributed by atoms with van der Waals surface area (Å²) in [6, 6.07) is 0.611. The molecule has 0 aromatic carbocycles. The fraction of sp³-hybridized carbons (Fsp3) is 0.714. The van der Waals surface area contributed by atoms with E-state index >= 15 is 0 Å². The van der Waals surface area contributed by atoms with Crippen molar-refractivity contribution in [3.8, 4) is 0 Å². The fourth-order valence-electron chi connectivity index (χ4n) is 2.35. The van der Waals surface area contributed by atoms with Gasteiger partial charge < -0.3 is 10.6 Å². The van der Waals surface area contributed by atoms with Crippen LogP contribution in [-0.2, 0) is 0 Å². The Bertz CT molecular complexity index is 386. The lowest BCUT2D eigenvalue weighted by Crippen LogP contribution is -2.44. The van der Waals surface area contributed by atoms with E-state index < -0.39 is 0 Å². The Morgan fingerprint density at radius 1 is 1.45 bits per heavy atom. The van der Waals surface area contributed by atoms with E-state index in [4.69, 9.17) is 0 Å². The van der Waals surface area contributed by atoms with Gasteiger partial charge in [-0.2, -0.15) is 0 Å². The van der Waals surface area contributed by atoms with Crippen molar-refractivity contribution in [3.63, 3.8) is 0 Å². The predicted octanol–water partition coefficient (Wildman–Crippen LogP) is 3.12. The number of thioether (sulfide) groups is 1. The van der Waals surface area contributed by atoms with Crippen molar-refractivity contribution in [1.29, 1.82) is 0 Å². The van der Waals surface area contributed by atoms with Gasteiger partial charge >= 0.3 is 0 Å². The molecule has 0 atom stereocenters. The highest BCUT2D eigenvalue weighted by atomic mass is 32.2. The molecule has 2 rings (SSSR count). The molecule has 1 aliphatic rings. The number of nitrogens with zero attached hydrogens (tertiary/aromatic N) is 2. The second-order valence-electron chi connectivity index (χ2n) is 4.98. The zero-order chi connectivity index (χ0) is 14.0. The molecular formula is C14H24N4S2. The Labute approximate surface area is 129 Å². The van der Waals surface area contributed by atoms with E-state index in [1.165, 1.54) is 32.1 Å². The topological polar surface area (TPSA) is 49.3 Å². The third kappa shape index (κ3) is 5.71. The van der Waals surface area contributed by atoms with Crippen molar-refractivity contribution in [1.82, 2.24) is 15.6 Å². The second-order valence-corrected chi connectivity index (χ2v) is 7.21. The smallest absolute Gasteiger partial charge is 0.191 e. The minimum Gasteiger partial charge on any atom is -0.356 e. The monoisotopic (exact) mass is 312 g/mol. The van der Waals surface area contributed by atoms with Gasteiger partial charge in [0.15, 0.2) is 5.96 Å². The molecule has 0 radical (unpaired) electrons. The van der Waals surface area contributed by atoms with Crippen molar-refractivity contribution in [2.45, 2.75) is 48.9 Å². The molecule has 0 unspecified atom stereocenters. The maximum absolute atomic E-state index is 4.31. The molecule has 0 saturated heterocycles. The fourth-order valence-corrected chi connectivity index (χ4v) is 4.00. The first-order valence-electron chi connectivity index (χ1n) is 7.38. The van der Waals surface area contributed by atoms with Crippen molar-refractivity contribution in [3.05, 3.63) is 11.6 Å². The summed E-state index contributed by atoms with van der Waals surface area (Å²) >= 11 is 3.54. The van der Waals surface area contributed by atoms with Gasteiger partial charge in [-0.15, -0.1) is 11.3 Å². The zero-order valence-electron chi connectivity index (χ0n) is 12.1. The number of thiazole rings is 1. The van der Waals surface area contributed by atoms with E-state index in [2.05, 4.69) is 20.6 Å². The average molecular weight is 313 g/mol. The van der Waals surface area contributed by atoms with E-state index in [0.717, 1.165) is 29.0 Å². The van der Waals surface area contributed by atoms with Crippen LogP contribution in [-0.4, -0.2) is 36.3 Å². The van der Waals surface area contributed by atoms with Crippen LogP contribution in [0, 0.1) is 0 Å². The molecule has 1 aromatic rings. The lowest BCUT2D eigenvalue weighted by Gasteiger charge is -2.24. The SMILES string of the molecule is CN=C(NCCCSc1nccs1)NC1CCCCC1. The van der Waals surface area contributed by atoms with Crippen LogP contribution in [0.15, 0.2) is 20.9 Å². The average Bonchev–Trinajstić information content (AvgIpc) is 3.00. The van der Waals surface area contributed by atoms with E-state index in [1.807, 2.05) is 30.4 Å². The highest BCUT2D eigenvalue weighted by molar-refractivity contribution is 8.00. The molecule has 2 N–H and O–H groups in total. The molecule has 4 nitrogen and oxygen atoms in total. The van der Waals surface area contributed by atoms with Crippen molar-refractivity contribution in [2.24, 2.45) is 4.99 Å². The Balaban J connectivity index is 1.56. The minimum atomic E-state index is 0.611. The van der Waals surface area contributed by atoms with E-state index in [1.54, 1.807) is 11.3 Å². The molecule has 0 spiro atoms. The van der Waals surface area contributed by atoms with E-state index in [-0.39, 0.29) is 0 Å². The Kier molecular flexibility index (Phi) is 7.22. The maximum Gasteiger partial charge on any atom is 0.191 e. The van der Waals surface area contributed by atoms with Crippen LogP contribution in [0.3, 0.4) is 0 Å². The molecule has 20 heavy (non-hydrogen) atoms. The number of hydrogen-bond acceptors (Lipinski definition) is 4. The lowest BCUT2D eigenvalue weighted by molar-refractivity contribution is 0.410. The molecule has 1 aliphatic carbocycles. The molecule has 1 aromatic heterocycles. The highest BCUT2D eigenvalue weighted by Gasteiger charge is 2.13. The molecule has 0 bridgehead atoms. The quantitative estimate of drug-likeness (QED) is 0.367. The van der Waals surface area contributed by atoms with Gasteiger partial charge in [-0.1, -0.05) is 31.0 Å². The third-order valence-corrected chi connectivity index (χ3v) is 5.47. The molecule has 0 amide bonds. The largest absolute Gasteiger partial charge is 0.356 e. The molecule has 112 valence electrons. The summed E-state index contributed by atoms with van der Waals surface area (Å²) in [6.45, 7) is 0.963. The number of aromatic nitrogens is 1. The highest BCUT2D eigenvalue weighted by Crippen LogP contribution is 2.20. The van der Waals surface area contributed by atoms with Crippen LogP contribution in [0.5, 0.6) is 0 Å². The Morgan fingerprint density at radius 2 is 2.30 bits per heavy atom. The van der Waals surface area contributed by atoms with Crippen LogP contribution in [0.25, 0.3) is 0 Å². The van der Waals surface area contributed by atoms with Gasteiger partial charge in [0.05, 0.1) is 0 Å². The second kappa shape index (κ2) is 9.23. The summed E-state index contributed by atoms with van der Waals surface area (Å²) in [6.07, 6.45) is 9.62. The van der Waals surface area contributed by atoms with Crippen molar-refractivity contribution >= 4 is 29.1 Å². The number of nitrogens with one attached hydrogen (secondary N) is 2. The van der Waals surface area contributed by atoms with Gasteiger partial charge in [-0.25, -0.2) is 4.98 Å². The Hall–Kier alpha value is -0.750. The summed E-state index contributed by atoms with van der Waals surface area (Å²) in [5.74, 6) is 2.05. The first kappa shape index (κ1) is 15.6. The predicted molar refractivity (Wildman–Crippen MR) is 88.8 cm³/mol. The summed E-state index contributed by atoms with van der Waals surface area (Å²) in [5.41, 5.74) is 0. The van der Waals surface area contributed by atoms with Crippen LogP contribution < -0.4 is 10.6 Å². The number of guanidine groups is 1. The zero-order valence-corrected chi connectivity index (χ0v) is 13.7. The van der Waals surface area contributed by atoms with Gasteiger partial charge in [-0.05, 0) is 19.3 Å². The van der Waals surface area contributed by atoms with Gasteiger partial charge in [-0.3, -0.25) is 4.99 Å². The summed E-state index contributed by atoms with van der Waals surface area (Å²) in [4.78, 5) is 8.57. The summed E-state index contributed by atoms with van der Waals surface area (Å²) < 4.78 is 1.16. The minimum absolute atomic E-state index is 0.611. The van der Waals surface area contributed by atoms with Gasteiger partial charge in [0, 0.05) is 37.0 Å². The first-order chi connectivity index (χ1) is 9.88. The first-order valence-corrected chi connectivity index (χ1v) is 9.24. The maximum atomic E-state index is 4.31. The number of rotatable bonds is 6. The standard InChI is InChI=1S/C14H24N4S2/c1-15-13(18-12-6-3-2-4-7-12)16-8-5-10-19-14-17-9-11-20-14/h9,11-12H,2-8,10H2,1H3,(H2,15,16,18). The lowest BCUT2D eigenvalue weighted by atomic mass is 9.96. The van der Waals surface area contributed by atoms with Gasteiger partial charge in [0.1, 0.15) is 4.34 Å². The van der Waals surface area contributed by atoms with E-state index in [9.17, 15) is 0 Å². The number of hydrogen-bond donors (Lipinski definition) is 2. The van der Waals surface area contributed by atoms with Gasteiger partial charge in [0.2, 0.25) is 0 Å². The molecule has 6 heteroatoms. The molecule has 0 aliphatic heterocycles. The van der Waals surface area contributed by atoms with Crippen LogP contribution in [0.2, 0.25) is 0 Å². The summed E-state index contributed by atoms with van der Waals surface area (Å²) in [5, 5.41) is 8.96. The van der Waals surface area contributed by atoms with Crippen LogP contribution in [0.1, 0.15) is 38.5 Å².